The third-order valence-electron chi connectivity index (χ3n) is 1.86. The molecular formula is C9H9BrF2N2O2. The lowest BCUT2D eigenvalue weighted by Crippen LogP contribution is -2.12. The van der Waals surface area contributed by atoms with Crippen molar-refractivity contribution in [1.82, 2.24) is 4.98 Å². The number of hydrogen-bond donors (Lipinski definition) is 1. The van der Waals surface area contributed by atoms with Gasteiger partial charge in [-0.2, -0.15) is 0 Å². The molecular weight excluding hydrogens is 286 g/mol. The van der Waals surface area contributed by atoms with E-state index in [4.69, 9.17) is 5.73 Å². The Kier molecular flexibility index (Phi) is 4.31. The molecule has 1 rings (SSSR count). The minimum absolute atomic E-state index is 0.0137. The van der Waals surface area contributed by atoms with Crippen LogP contribution in [0.3, 0.4) is 0 Å². The first-order valence-electron chi connectivity index (χ1n) is 4.27. The van der Waals surface area contributed by atoms with Crippen molar-refractivity contribution in [1.29, 1.82) is 0 Å². The largest absolute Gasteiger partial charge is 0.465 e. The summed E-state index contributed by atoms with van der Waals surface area (Å²) in [5, 5.41) is 0. The molecule has 0 fully saturated rings. The van der Waals surface area contributed by atoms with Crippen molar-refractivity contribution in [2.75, 3.05) is 7.11 Å². The maximum atomic E-state index is 12.7. The van der Waals surface area contributed by atoms with Gasteiger partial charge in [-0.05, 0) is 22.0 Å². The molecule has 0 radical (unpaired) electrons. The van der Waals surface area contributed by atoms with E-state index in [1.54, 1.807) is 0 Å². The fraction of sp³-hybridized carbons (Fsp3) is 0.333. The molecule has 4 nitrogen and oxygen atoms in total. The summed E-state index contributed by atoms with van der Waals surface area (Å²) in [6.45, 7) is 0.0137. The van der Waals surface area contributed by atoms with Gasteiger partial charge in [-0.1, -0.05) is 0 Å². The van der Waals surface area contributed by atoms with Crippen LogP contribution in [0.2, 0.25) is 0 Å². The topological polar surface area (TPSA) is 65.2 Å². The number of nitrogens with two attached hydrogens (primary N) is 1. The molecule has 16 heavy (non-hydrogen) atoms. The van der Waals surface area contributed by atoms with Crippen molar-refractivity contribution in [2.45, 2.75) is 13.0 Å². The van der Waals surface area contributed by atoms with E-state index in [2.05, 4.69) is 25.7 Å². The zero-order valence-corrected chi connectivity index (χ0v) is 9.92. The van der Waals surface area contributed by atoms with Crippen LogP contribution in [0, 0.1) is 0 Å². The summed E-state index contributed by atoms with van der Waals surface area (Å²) in [5.41, 5.74) is 4.68. The molecule has 0 unspecified atom stereocenters. The van der Waals surface area contributed by atoms with Crippen molar-refractivity contribution in [3.63, 3.8) is 0 Å². The maximum absolute atomic E-state index is 12.7. The summed E-state index contributed by atoms with van der Waals surface area (Å²) < 4.78 is 30.0. The number of aromatic nitrogens is 1. The molecule has 0 amide bonds. The van der Waals surface area contributed by atoms with Crippen molar-refractivity contribution in [2.24, 2.45) is 5.73 Å². The number of esters is 1. The Morgan fingerprint density at radius 1 is 1.69 bits per heavy atom. The highest BCUT2D eigenvalue weighted by atomic mass is 79.9. The third-order valence-corrected chi connectivity index (χ3v) is 2.48. The first-order valence-corrected chi connectivity index (χ1v) is 5.06. The first-order chi connectivity index (χ1) is 7.51. The van der Waals surface area contributed by atoms with Gasteiger partial charge in [-0.25, -0.2) is 18.6 Å². The number of rotatable bonds is 3. The Morgan fingerprint density at radius 2 is 2.31 bits per heavy atom. The second-order valence-corrected chi connectivity index (χ2v) is 3.71. The molecule has 0 aromatic carbocycles. The number of pyridine rings is 1. The number of ether oxygens (including phenoxy) is 1. The van der Waals surface area contributed by atoms with Crippen LogP contribution in [0.25, 0.3) is 0 Å². The highest BCUT2D eigenvalue weighted by molar-refractivity contribution is 9.10. The van der Waals surface area contributed by atoms with Crippen LogP contribution in [0.4, 0.5) is 8.78 Å². The van der Waals surface area contributed by atoms with E-state index >= 15 is 0 Å². The molecule has 0 aliphatic carbocycles. The van der Waals surface area contributed by atoms with Gasteiger partial charge in [0.05, 0.1) is 12.8 Å². The minimum Gasteiger partial charge on any atom is -0.465 e. The van der Waals surface area contributed by atoms with Crippen LogP contribution in [0.1, 0.15) is 28.2 Å². The third kappa shape index (κ3) is 2.53. The molecule has 0 saturated carbocycles. The normalized spacial score (nSPS) is 10.6. The fourth-order valence-corrected chi connectivity index (χ4v) is 1.78. The summed E-state index contributed by atoms with van der Waals surface area (Å²) >= 11 is 3.02. The van der Waals surface area contributed by atoms with Gasteiger partial charge >= 0.3 is 5.97 Å². The molecule has 0 aliphatic heterocycles. The van der Waals surface area contributed by atoms with Crippen LogP contribution in [-0.4, -0.2) is 18.1 Å². The molecule has 0 atom stereocenters. The van der Waals surface area contributed by atoms with Gasteiger partial charge in [0.15, 0.2) is 0 Å². The van der Waals surface area contributed by atoms with Gasteiger partial charge in [0, 0.05) is 11.0 Å². The summed E-state index contributed by atoms with van der Waals surface area (Å²) in [6, 6.07) is 1.41. The highest BCUT2D eigenvalue weighted by Gasteiger charge is 2.24. The molecule has 88 valence electrons. The minimum atomic E-state index is -2.86. The Hall–Kier alpha value is -1.08. The SMILES string of the molecule is COC(=O)c1c(Br)cc(CN)nc1C(F)F. The zero-order valence-electron chi connectivity index (χ0n) is 8.34. The number of halogens is 3. The second kappa shape index (κ2) is 5.31. The van der Waals surface area contributed by atoms with Gasteiger partial charge in [0.2, 0.25) is 0 Å². The van der Waals surface area contributed by atoms with E-state index in [0.717, 1.165) is 7.11 Å². The molecule has 7 heteroatoms. The molecule has 0 spiro atoms. The van der Waals surface area contributed by atoms with Crippen LogP contribution >= 0.6 is 15.9 Å². The van der Waals surface area contributed by atoms with Crippen LogP contribution in [0.5, 0.6) is 0 Å². The Bertz CT molecular complexity index is 413. The van der Waals surface area contributed by atoms with E-state index in [1.165, 1.54) is 6.07 Å². The average molecular weight is 295 g/mol. The van der Waals surface area contributed by atoms with Crippen molar-refractivity contribution < 1.29 is 18.3 Å². The van der Waals surface area contributed by atoms with E-state index in [1.807, 2.05) is 0 Å². The number of hydrogen-bond acceptors (Lipinski definition) is 4. The number of methoxy groups -OCH3 is 1. The van der Waals surface area contributed by atoms with Crippen molar-refractivity contribution >= 4 is 21.9 Å². The first kappa shape index (κ1) is 13.0. The molecule has 1 aromatic heterocycles. The summed E-state index contributed by atoms with van der Waals surface area (Å²) in [7, 11) is 1.11. The molecule has 2 N–H and O–H groups in total. The van der Waals surface area contributed by atoms with Crippen LogP contribution in [0.15, 0.2) is 10.5 Å². The molecule has 0 aliphatic rings. The van der Waals surface area contributed by atoms with Crippen molar-refractivity contribution in [3.8, 4) is 0 Å². The summed E-state index contributed by atoms with van der Waals surface area (Å²) in [4.78, 5) is 14.9. The predicted octanol–water partition coefficient (Wildman–Crippen LogP) is 2.03. The number of alkyl halides is 2. The lowest BCUT2D eigenvalue weighted by atomic mass is 10.1. The van der Waals surface area contributed by atoms with E-state index in [9.17, 15) is 13.6 Å². The lowest BCUT2D eigenvalue weighted by Gasteiger charge is -2.10. The molecule has 0 bridgehead atoms. The number of carbonyl (C=O) groups excluding carboxylic acids is 1. The Balaban J connectivity index is 3.39. The number of nitrogens with zero attached hydrogens (tertiary/aromatic N) is 1. The Morgan fingerprint density at radius 3 is 2.75 bits per heavy atom. The second-order valence-electron chi connectivity index (χ2n) is 2.85. The monoisotopic (exact) mass is 294 g/mol. The number of carbonyl (C=O) groups is 1. The van der Waals surface area contributed by atoms with Crippen LogP contribution in [-0.2, 0) is 11.3 Å². The fourth-order valence-electron chi connectivity index (χ4n) is 1.15. The van der Waals surface area contributed by atoms with E-state index in [0.29, 0.717) is 0 Å². The molecule has 1 aromatic rings. The van der Waals surface area contributed by atoms with Gasteiger partial charge in [0.1, 0.15) is 11.3 Å². The van der Waals surface area contributed by atoms with Gasteiger partial charge in [-0.3, -0.25) is 0 Å². The van der Waals surface area contributed by atoms with Gasteiger partial charge in [-0.15, -0.1) is 0 Å². The molecule has 1 heterocycles. The highest BCUT2D eigenvalue weighted by Crippen LogP contribution is 2.28. The van der Waals surface area contributed by atoms with Crippen LogP contribution < -0.4 is 5.73 Å². The average Bonchev–Trinajstić information content (AvgIpc) is 2.26. The van der Waals surface area contributed by atoms with Gasteiger partial charge in [0.25, 0.3) is 6.43 Å². The molecule has 0 saturated heterocycles. The van der Waals surface area contributed by atoms with Crippen molar-refractivity contribution in [3.05, 3.63) is 27.5 Å². The van der Waals surface area contributed by atoms with E-state index in [-0.39, 0.29) is 22.3 Å². The standard InChI is InChI=1S/C9H9BrF2N2O2/c1-16-9(15)6-5(10)2-4(3-13)14-7(6)8(11)12/h2,8H,3,13H2,1H3. The quantitative estimate of drug-likeness (QED) is 0.866. The smallest absolute Gasteiger partial charge is 0.341 e. The van der Waals surface area contributed by atoms with Gasteiger partial charge < -0.3 is 10.5 Å². The summed E-state index contributed by atoms with van der Waals surface area (Å²) in [5.74, 6) is -0.863. The Labute approximate surface area is 98.9 Å². The maximum Gasteiger partial charge on any atom is 0.341 e. The zero-order chi connectivity index (χ0) is 12.3. The predicted molar refractivity (Wildman–Crippen MR) is 56.1 cm³/mol. The van der Waals surface area contributed by atoms with E-state index < -0.39 is 18.1 Å². The lowest BCUT2D eigenvalue weighted by molar-refractivity contribution is 0.0586. The summed E-state index contributed by atoms with van der Waals surface area (Å²) in [6.07, 6.45) is -2.86.